The van der Waals surface area contributed by atoms with Gasteiger partial charge >= 0.3 is 0 Å². The maximum atomic E-state index is 9.96. The van der Waals surface area contributed by atoms with Gasteiger partial charge in [0.1, 0.15) is 17.2 Å². The van der Waals surface area contributed by atoms with Crippen LogP contribution in [0.15, 0.2) is 66.7 Å². The summed E-state index contributed by atoms with van der Waals surface area (Å²) in [6, 6.07) is 21.4. The van der Waals surface area contributed by atoms with Crippen molar-refractivity contribution in [2.45, 2.75) is 38.3 Å². The topological polar surface area (TPSA) is 71.0 Å². The van der Waals surface area contributed by atoms with Crippen molar-refractivity contribution in [2.24, 2.45) is 0 Å². The fraction of sp³-hybridized carbons (Fsp3) is 0.286. The van der Waals surface area contributed by atoms with Gasteiger partial charge in [0.05, 0.1) is 18.1 Å². The van der Waals surface area contributed by atoms with Crippen LogP contribution in [0.1, 0.15) is 31.2 Å². The quantitative estimate of drug-likeness (QED) is 0.272. The molecule has 4 aromatic rings. The predicted molar refractivity (Wildman–Crippen MR) is 137 cm³/mol. The van der Waals surface area contributed by atoms with E-state index in [9.17, 15) is 10.2 Å². The van der Waals surface area contributed by atoms with Crippen LogP contribution in [0.4, 0.5) is 0 Å². The molecule has 3 aromatic carbocycles. The standard InChI is InChI=1S/C28H29NO4S/c30-18-19-4-6-20(7-5-19)28-27(25-13-8-22(31)17-26(25)34-28)33-24-11-9-23(10-12-24)32-16-14-21-3-1-2-15-29-21/h4-13,17,21,29-31H,1-3,14-16,18H2. The first kappa shape index (κ1) is 22.7. The number of phenols is 1. The number of phenolic OH excluding ortho intramolecular Hbond substituents is 1. The van der Waals surface area contributed by atoms with Crippen LogP contribution < -0.4 is 14.8 Å². The number of nitrogens with one attached hydrogen (secondary N) is 1. The lowest BCUT2D eigenvalue weighted by Gasteiger charge is -2.23. The fourth-order valence-corrected chi connectivity index (χ4v) is 5.49. The minimum Gasteiger partial charge on any atom is -0.508 e. The number of hydrogen-bond acceptors (Lipinski definition) is 6. The van der Waals surface area contributed by atoms with Crippen LogP contribution in [0, 0.1) is 0 Å². The zero-order valence-electron chi connectivity index (χ0n) is 19.0. The van der Waals surface area contributed by atoms with Gasteiger partial charge in [0.15, 0.2) is 5.75 Å². The summed E-state index contributed by atoms with van der Waals surface area (Å²) in [7, 11) is 0. The van der Waals surface area contributed by atoms with Gasteiger partial charge in [0.25, 0.3) is 0 Å². The van der Waals surface area contributed by atoms with E-state index in [1.165, 1.54) is 19.3 Å². The monoisotopic (exact) mass is 475 g/mol. The molecule has 5 rings (SSSR count). The third kappa shape index (κ3) is 5.20. The highest BCUT2D eigenvalue weighted by molar-refractivity contribution is 7.22. The lowest BCUT2D eigenvalue weighted by Crippen LogP contribution is -2.35. The van der Waals surface area contributed by atoms with Crippen molar-refractivity contribution >= 4 is 21.4 Å². The highest BCUT2D eigenvalue weighted by atomic mass is 32.1. The second kappa shape index (κ2) is 10.5. The number of aliphatic hydroxyl groups is 1. The van der Waals surface area contributed by atoms with E-state index < -0.39 is 0 Å². The number of ether oxygens (including phenoxy) is 2. The lowest BCUT2D eigenvalue weighted by molar-refractivity contribution is 0.268. The molecule has 34 heavy (non-hydrogen) atoms. The van der Waals surface area contributed by atoms with Crippen molar-refractivity contribution in [1.82, 2.24) is 5.32 Å². The molecule has 1 fully saturated rings. The molecule has 1 aliphatic rings. The molecule has 0 amide bonds. The number of aliphatic hydroxyl groups excluding tert-OH is 1. The Kier molecular flexibility index (Phi) is 7.00. The zero-order chi connectivity index (χ0) is 23.3. The summed E-state index contributed by atoms with van der Waals surface area (Å²) in [5, 5.41) is 23.8. The Morgan fingerprint density at radius 2 is 1.74 bits per heavy atom. The van der Waals surface area contributed by atoms with Crippen molar-refractivity contribution in [3.8, 4) is 33.4 Å². The summed E-state index contributed by atoms with van der Waals surface area (Å²) in [5.41, 5.74) is 1.86. The highest BCUT2D eigenvalue weighted by Crippen LogP contribution is 2.47. The number of piperidine rings is 1. The second-order valence-electron chi connectivity index (χ2n) is 8.65. The molecule has 0 bridgehead atoms. The summed E-state index contributed by atoms with van der Waals surface area (Å²) in [6.07, 6.45) is 4.82. The summed E-state index contributed by atoms with van der Waals surface area (Å²) < 4.78 is 13.3. The Morgan fingerprint density at radius 3 is 2.47 bits per heavy atom. The van der Waals surface area contributed by atoms with E-state index >= 15 is 0 Å². The average molecular weight is 476 g/mol. The third-order valence-corrected chi connectivity index (χ3v) is 7.40. The molecule has 176 valence electrons. The van der Waals surface area contributed by atoms with Crippen LogP contribution in [-0.4, -0.2) is 29.4 Å². The molecule has 0 saturated carbocycles. The Labute approximate surface area is 203 Å². The van der Waals surface area contributed by atoms with Gasteiger partial charge in [-0.3, -0.25) is 0 Å². The number of fused-ring (bicyclic) bond motifs is 1. The zero-order valence-corrected chi connectivity index (χ0v) is 19.8. The maximum Gasteiger partial charge on any atom is 0.153 e. The van der Waals surface area contributed by atoms with E-state index in [-0.39, 0.29) is 12.4 Å². The molecular formula is C28H29NO4S. The van der Waals surface area contributed by atoms with Crippen molar-refractivity contribution in [3.63, 3.8) is 0 Å². The van der Waals surface area contributed by atoms with E-state index in [1.807, 2.05) is 54.6 Å². The van der Waals surface area contributed by atoms with Gasteiger partial charge in [0.2, 0.25) is 0 Å². The van der Waals surface area contributed by atoms with Crippen molar-refractivity contribution in [3.05, 3.63) is 72.3 Å². The van der Waals surface area contributed by atoms with E-state index in [0.717, 1.165) is 56.3 Å². The molecule has 0 radical (unpaired) electrons. The smallest absolute Gasteiger partial charge is 0.153 e. The van der Waals surface area contributed by atoms with Gasteiger partial charge in [0, 0.05) is 16.1 Å². The minimum absolute atomic E-state index is 0.00944. The van der Waals surface area contributed by atoms with Gasteiger partial charge in [-0.05, 0) is 79.4 Å². The van der Waals surface area contributed by atoms with Gasteiger partial charge < -0.3 is 25.0 Å². The van der Waals surface area contributed by atoms with Crippen molar-refractivity contribution in [1.29, 1.82) is 0 Å². The Hall–Kier alpha value is -3.06. The van der Waals surface area contributed by atoms with Gasteiger partial charge in [-0.15, -0.1) is 11.3 Å². The molecule has 2 heterocycles. The van der Waals surface area contributed by atoms with Crippen molar-refractivity contribution in [2.75, 3.05) is 13.2 Å². The van der Waals surface area contributed by atoms with Gasteiger partial charge in [-0.25, -0.2) is 0 Å². The predicted octanol–water partition coefficient (Wildman–Crippen LogP) is 6.47. The molecule has 1 atom stereocenters. The SMILES string of the molecule is OCc1ccc(-c2sc3cc(O)ccc3c2Oc2ccc(OCCC3CCCCN3)cc2)cc1. The first-order valence-electron chi connectivity index (χ1n) is 11.8. The second-order valence-corrected chi connectivity index (χ2v) is 9.71. The van der Waals surface area contributed by atoms with Crippen LogP contribution in [0.3, 0.4) is 0 Å². The summed E-state index contributed by atoms with van der Waals surface area (Å²) in [5.74, 6) is 2.55. The fourth-order valence-electron chi connectivity index (χ4n) is 4.33. The summed E-state index contributed by atoms with van der Waals surface area (Å²) >= 11 is 1.57. The third-order valence-electron chi connectivity index (χ3n) is 6.22. The number of hydrogen-bond donors (Lipinski definition) is 3. The van der Waals surface area contributed by atoms with Crippen LogP contribution in [-0.2, 0) is 6.61 Å². The summed E-state index contributed by atoms with van der Waals surface area (Å²) in [6.45, 7) is 1.82. The summed E-state index contributed by atoms with van der Waals surface area (Å²) in [4.78, 5) is 0.977. The first-order valence-corrected chi connectivity index (χ1v) is 12.6. The maximum absolute atomic E-state index is 9.96. The number of aromatic hydroxyl groups is 1. The minimum atomic E-state index is 0.00944. The Morgan fingerprint density at radius 1 is 0.941 bits per heavy atom. The molecule has 1 aliphatic heterocycles. The average Bonchev–Trinajstić information content (AvgIpc) is 3.23. The lowest BCUT2D eigenvalue weighted by atomic mass is 10.0. The molecule has 0 spiro atoms. The van der Waals surface area contributed by atoms with Crippen LogP contribution in [0.5, 0.6) is 23.0 Å². The molecule has 1 aromatic heterocycles. The molecule has 1 saturated heterocycles. The number of thiophene rings is 1. The molecule has 3 N–H and O–H groups in total. The molecule has 0 aliphatic carbocycles. The Bertz CT molecular complexity index is 1230. The molecular weight excluding hydrogens is 446 g/mol. The van der Waals surface area contributed by atoms with E-state index in [4.69, 9.17) is 9.47 Å². The van der Waals surface area contributed by atoms with Crippen LogP contribution in [0.25, 0.3) is 20.5 Å². The largest absolute Gasteiger partial charge is 0.508 e. The van der Waals surface area contributed by atoms with Gasteiger partial charge in [-0.1, -0.05) is 30.7 Å². The Balaban J connectivity index is 1.34. The molecule has 5 nitrogen and oxygen atoms in total. The van der Waals surface area contributed by atoms with E-state index in [0.29, 0.717) is 12.6 Å². The van der Waals surface area contributed by atoms with Crippen LogP contribution >= 0.6 is 11.3 Å². The van der Waals surface area contributed by atoms with Crippen molar-refractivity contribution < 1.29 is 19.7 Å². The number of rotatable bonds is 8. The molecule has 6 heteroatoms. The highest BCUT2D eigenvalue weighted by Gasteiger charge is 2.17. The molecule has 1 unspecified atom stereocenters. The van der Waals surface area contributed by atoms with Gasteiger partial charge in [-0.2, -0.15) is 0 Å². The van der Waals surface area contributed by atoms with Crippen LogP contribution in [0.2, 0.25) is 0 Å². The van der Waals surface area contributed by atoms with E-state index in [1.54, 1.807) is 23.5 Å². The van der Waals surface area contributed by atoms with E-state index in [2.05, 4.69) is 5.32 Å². The first-order chi connectivity index (χ1) is 16.7. The number of benzene rings is 3. The normalized spacial score (nSPS) is 16.0.